The third-order valence-electron chi connectivity index (χ3n) is 6.12. The summed E-state index contributed by atoms with van der Waals surface area (Å²) in [6, 6.07) is 5.90. The summed E-state index contributed by atoms with van der Waals surface area (Å²) in [7, 11) is 0. The molecule has 192 valence electrons. The third-order valence-corrected chi connectivity index (χ3v) is 6.12. The Morgan fingerprint density at radius 2 is 2.03 bits per heavy atom. The second kappa shape index (κ2) is 10.5. The van der Waals surface area contributed by atoms with Crippen molar-refractivity contribution in [3.8, 4) is 17.2 Å². The van der Waals surface area contributed by atoms with E-state index in [9.17, 15) is 4.39 Å². The Morgan fingerprint density at radius 1 is 1.16 bits per heavy atom. The van der Waals surface area contributed by atoms with Gasteiger partial charge in [-0.15, -0.1) is 0 Å². The highest BCUT2D eigenvalue weighted by molar-refractivity contribution is 5.90. The highest BCUT2D eigenvalue weighted by atomic mass is 19.1. The van der Waals surface area contributed by atoms with E-state index in [1.807, 2.05) is 6.07 Å². The van der Waals surface area contributed by atoms with Gasteiger partial charge in [0, 0.05) is 37.2 Å². The van der Waals surface area contributed by atoms with Crippen molar-refractivity contribution in [2.75, 3.05) is 29.9 Å². The molecule has 1 aliphatic rings. The number of halogens is 2. The summed E-state index contributed by atoms with van der Waals surface area (Å²) in [6.45, 7) is 8.38. The van der Waals surface area contributed by atoms with Gasteiger partial charge in [-0.1, -0.05) is 20.3 Å². The average Bonchev–Trinajstić information content (AvgIpc) is 3.03. The monoisotopic (exact) mass is 506 g/mol. The van der Waals surface area contributed by atoms with Gasteiger partial charge in [0.05, 0.1) is 30.2 Å². The van der Waals surface area contributed by atoms with Crippen LogP contribution >= 0.6 is 0 Å². The van der Waals surface area contributed by atoms with Crippen LogP contribution in [0.3, 0.4) is 0 Å². The molecule has 4 aromatic rings. The molecule has 1 aliphatic heterocycles. The minimum Gasteiger partial charge on any atom is -0.489 e. The lowest BCUT2D eigenvalue weighted by molar-refractivity contribution is 0.273. The summed E-state index contributed by atoms with van der Waals surface area (Å²) in [4.78, 5) is 19.6. The van der Waals surface area contributed by atoms with Crippen LogP contribution in [0.25, 0.3) is 11.0 Å². The van der Waals surface area contributed by atoms with Crippen molar-refractivity contribution in [3.63, 3.8) is 0 Å². The lowest BCUT2D eigenvalue weighted by Crippen LogP contribution is -2.30. The van der Waals surface area contributed by atoms with Crippen molar-refractivity contribution in [3.05, 3.63) is 60.2 Å². The van der Waals surface area contributed by atoms with Gasteiger partial charge in [-0.2, -0.15) is 0 Å². The fourth-order valence-corrected chi connectivity index (χ4v) is 4.25. The number of rotatable bonds is 7. The zero-order chi connectivity index (χ0) is 25.9. The number of fused-ring (bicyclic) bond motifs is 2. The maximum absolute atomic E-state index is 15.1. The number of benzene rings is 1. The van der Waals surface area contributed by atoms with Gasteiger partial charge < -0.3 is 19.7 Å². The molecule has 1 N–H and O–H groups in total. The number of aryl methyl sites for hydroxylation is 1. The molecular weight excluding hydrogens is 478 g/mol. The first kappa shape index (κ1) is 24.6. The molecular formula is C27H28F2N6O2. The number of anilines is 3. The molecule has 0 saturated heterocycles. The Bertz CT molecular complexity index is 1430. The van der Waals surface area contributed by atoms with Crippen molar-refractivity contribution >= 4 is 28.4 Å². The van der Waals surface area contributed by atoms with Gasteiger partial charge in [-0.3, -0.25) is 4.98 Å². The Kier molecular flexibility index (Phi) is 6.98. The van der Waals surface area contributed by atoms with E-state index in [4.69, 9.17) is 14.5 Å². The molecule has 1 atom stereocenters. The number of hydrogen-bond donors (Lipinski definition) is 1. The Hall–Kier alpha value is -4.08. The van der Waals surface area contributed by atoms with Crippen LogP contribution < -0.4 is 19.7 Å². The predicted octanol–water partition coefficient (Wildman–Crippen LogP) is 6.18. The quantitative estimate of drug-likeness (QED) is 0.318. The lowest BCUT2D eigenvalue weighted by atomic mass is 10.2. The molecule has 0 amide bonds. The van der Waals surface area contributed by atoms with Gasteiger partial charge in [-0.05, 0) is 25.0 Å². The van der Waals surface area contributed by atoms with Crippen LogP contribution in [0.15, 0.2) is 43.0 Å². The first-order chi connectivity index (χ1) is 17.9. The second-order valence-electron chi connectivity index (χ2n) is 9.28. The van der Waals surface area contributed by atoms with Crippen LogP contribution in [0.1, 0.15) is 32.3 Å². The van der Waals surface area contributed by atoms with Gasteiger partial charge in [0.15, 0.2) is 17.4 Å². The number of hydrogen-bond acceptors (Lipinski definition) is 8. The van der Waals surface area contributed by atoms with E-state index >= 15 is 4.39 Å². The van der Waals surface area contributed by atoms with Gasteiger partial charge >= 0.3 is 0 Å². The topological polar surface area (TPSA) is 85.3 Å². The van der Waals surface area contributed by atoms with Crippen molar-refractivity contribution < 1.29 is 18.3 Å². The van der Waals surface area contributed by atoms with Crippen LogP contribution in [0.5, 0.6) is 17.2 Å². The summed E-state index contributed by atoms with van der Waals surface area (Å²) in [5, 5.41) is 3.07. The van der Waals surface area contributed by atoms with Crippen molar-refractivity contribution in [1.82, 2.24) is 19.9 Å². The van der Waals surface area contributed by atoms with Gasteiger partial charge in [0.1, 0.15) is 35.0 Å². The maximum atomic E-state index is 15.1. The van der Waals surface area contributed by atoms with Crippen LogP contribution in [0.4, 0.5) is 26.1 Å². The Morgan fingerprint density at radius 3 is 2.84 bits per heavy atom. The number of ether oxygens (including phenoxy) is 2. The molecule has 4 heterocycles. The Labute approximate surface area is 213 Å². The zero-order valence-corrected chi connectivity index (χ0v) is 21.0. The van der Waals surface area contributed by atoms with Crippen LogP contribution in [-0.2, 0) is 0 Å². The average molecular weight is 507 g/mol. The van der Waals surface area contributed by atoms with E-state index < -0.39 is 11.6 Å². The van der Waals surface area contributed by atoms with Crippen LogP contribution in [-0.4, -0.2) is 39.6 Å². The highest BCUT2D eigenvalue weighted by Gasteiger charge is 2.24. The van der Waals surface area contributed by atoms with E-state index in [-0.39, 0.29) is 17.2 Å². The molecule has 5 rings (SSSR count). The molecule has 0 spiro atoms. The molecule has 10 heteroatoms. The largest absolute Gasteiger partial charge is 0.489 e. The lowest BCUT2D eigenvalue weighted by Gasteiger charge is -2.24. The Balaban J connectivity index is 1.48. The minimum atomic E-state index is -0.562. The molecule has 3 aromatic heterocycles. The van der Waals surface area contributed by atoms with E-state index in [1.54, 1.807) is 13.0 Å². The molecule has 0 fully saturated rings. The SMILES string of the molecule is CCCCN1CC(C)COc2cc3ncnc(Nc4cc(C)c(Oc5cncc(F)c5)cc4F)c3nc21. The van der Waals surface area contributed by atoms with Gasteiger partial charge in [0.25, 0.3) is 0 Å². The fraction of sp³-hybridized carbons (Fsp3) is 0.333. The van der Waals surface area contributed by atoms with E-state index in [0.717, 1.165) is 37.9 Å². The van der Waals surface area contributed by atoms with Gasteiger partial charge in [-0.25, -0.2) is 23.7 Å². The number of nitrogens with one attached hydrogen (secondary N) is 1. The van der Waals surface area contributed by atoms with Crippen molar-refractivity contribution in [1.29, 1.82) is 0 Å². The van der Waals surface area contributed by atoms with E-state index in [0.29, 0.717) is 40.7 Å². The minimum absolute atomic E-state index is 0.180. The van der Waals surface area contributed by atoms with Crippen LogP contribution in [0.2, 0.25) is 0 Å². The predicted molar refractivity (Wildman–Crippen MR) is 138 cm³/mol. The number of aromatic nitrogens is 4. The summed E-state index contributed by atoms with van der Waals surface area (Å²) >= 11 is 0. The first-order valence-electron chi connectivity index (χ1n) is 12.3. The summed E-state index contributed by atoms with van der Waals surface area (Å²) in [6.07, 6.45) is 5.95. The van der Waals surface area contributed by atoms with Crippen molar-refractivity contribution in [2.45, 2.75) is 33.6 Å². The standard InChI is InChI=1S/C27H28F2N6O2/c1-4-5-6-35-13-16(2)14-36-24-10-22-25(34-27(24)35)26(32-15-31-22)33-21-7-17(3)23(9-20(21)29)37-19-8-18(28)11-30-12-19/h7-12,15-16H,4-6,13-14H2,1-3H3,(H,31,32,33). The maximum Gasteiger partial charge on any atom is 0.172 e. The molecule has 0 aliphatic carbocycles. The molecule has 0 radical (unpaired) electrons. The smallest absolute Gasteiger partial charge is 0.172 e. The van der Waals surface area contributed by atoms with E-state index in [2.05, 4.69) is 39.0 Å². The summed E-state index contributed by atoms with van der Waals surface area (Å²) in [5.41, 5.74) is 1.95. The first-order valence-corrected chi connectivity index (χ1v) is 12.3. The molecule has 1 unspecified atom stereocenters. The molecule has 1 aromatic carbocycles. The highest BCUT2D eigenvalue weighted by Crippen LogP contribution is 2.36. The normalized spacial score (nSPS) is 15.2. The molecule has 37 heavy (non-hydrogen) atoms. The summed E-state index contributed by atoms with van der Waals surface area (Å²) < 4.78 is 40.3. The van der Waals surface area contributed by atoms with Crippen LogP contribution in [0, 0.1) is 24.5 Å². The van der Waals surface area contributed by atoms with Crippen molar-refractivity contribution in [2.24, 2.45) is 5.92 Å². The molecule has 0 saturated carbocycles. The van der Waals surface area contributed by atoms with Gasteiger partial charge in [0.2, 0.25) is 0 Å². The summed E-state index contributed by atoms with van der Waals surface area (Å²) in [5.74, 6) is 1.49. The fourth-order valence-electron chi connectivity index (χ4n) is 4.25. The third kappa shape index (κ3) is 5.37. The number of pyridine rings is 2. The van der Waals surface area contributed by atoms with E-state index in [1.165, 1.54) is 24.7 Å². The zero-order valence-electron chi connectivity index (χ0n) is 21.0. The molecule has 0 bridgehead atoms. The second-order valence-corrected chi connectivity index (χ2v) is 9.28. The molecule has 8 nitrogen and oxygen atoms in total. The number of nitrogens with zero attached hydrogens (tertiary/aromatic N) is 5. The number of unbranched alkanes of at least 4 members (excludes halogenated alkanes) is 1.